The van der Waals surface area contributed by atoms with Gasteiger partial charge >= 0.3 is 0 Å². The Balaban J connectivity index is 1.30. The van der Waals surface area contributed by atoms with Gasteiger partial charge in [0.25, 0.3) is 0 Å². The number of Topliss-reactive ketones (excluding diaryl/α,β-unsaturated/α-hetero) is 1. The molecule has 0 unspecified atom stereocenters. The molecule has 0 radical (unpaired) electrons. The van der Waals surface area contributed by atoms with E-state index in [1.165, 1.54) is 11.6 Å². The number of carbonyl (C=O) groups is 4. The molecule has 11 nitrogen and oxygen atoms in total. The lowest BCUT2D eigenvalue weighted by atomic mass is 10.1. The van der Waals surface area contributed by atoms with Crippen LogP contribution in [0.5, 0.6) is 0 Å². The van der Waals surface area contributed by atoms with Gasteiger partial charge in [-0.15, -0.1) is 0 Å². The lowest BCUT2D eigenvalue weighted by Crippen LogP contribution is -2.47. The van der Waals surface area contributed by atoms with Crippen LogP contribution in [0.3, 0.4) is 0 Å². The Hall–Kier alpha value is -3.83. The van der Waals surface area contributed by atoms with E-state index < -0.39 is 0 Å². The minimum absolute atomic E-state index is 0.0214. The van der Waals surface area contributed by atoms with Gasteiger partial charge in [0.1, 0.15) is 29.8 Å². The van der Waals surface area contributed by atoms with Crippen molar-refractivity contribution in [1.29, 1.82) is 0 Å². The first kappa shape index (κ1) is 27.7. The molecule has 1 N–H and O–H groups in total. The summed E-state index contributed by atoms with van der Waals surface area (Å²) in [6.45, 7) is 4.26. The van der Waals surface area contributed by atoms with Crippen molar-refractivity contribution < 1.29 is 19.2 Å². The van der Waals surface area contributed by atoms with E-state index in [1.807, 2.05) is 24.1 Å². The quantitative estimate of drug-likeness (QED) is 0.312. The zero-order valence-electron chi connectivity index (χ0n) is 22.6. The second-order valence-electron chi connectivity index (χ2n) is 10.4. The van der Waals surface area contributed by atoms with Gasteiger partial charge in [-0.2, -0.15) is 5.10 Å². The molecule has 1 aromatic carbocycles. The molecule has 1 saturated carbocycles. The number of carbonyl (C=O) groups excluding carboxylic acids is 4. The summed E-state index contributed by atoms with van der Waals surface area (Å²) in [5.41, 5.74) is 1.66. The Morgan fingerprint density at radius 1 is 1.07 bits per heavy atom. The number of ketones is 1. The molecule has 5 rings (SSSR count). The summed E-state index contributed by atoms with van der Waals surface area (Å²) in [7, 11) is 2.04. The summed E-state index contributed by atoms with van der Waals surface area (Å²) in [6, 6.07) is 10.3. The van der Waals surface area contributed by atoms with E-state index in [1.54, 1.807) is 29.2 Å². The highest BCUT2D eigenvalue weighted by atomic mass is 35.5. The van der Waals surface area contributed by atoms with E-state index in [0.29, 0.717) is 29.8 Å². The van der Waals surface area contributed by atoms with Crippen molar-refractivity contribution in [3.05, 3.63) is 52.8 Å². The number of fused-ring (bicyclic) bond motifs is 1. The number of amides is 3. The van der Waals surface area contributed by atoms with Gasteiger partial charge in [-0.05, 0) is 49.7 Å². The van der Waals surface area contributed by atoms with E-state index in [4.69, 9.17) is 11.6 Å². The molecule has 1 aliphatic carbocycles. The van der Waals surface area contributed by atoms with Crippen molar-refractivity contribution in [2.75, 3.05) is 45.1 Å². The number of nitrogens with zero attached hydrogens (tertiary/aromatic N) is 6. The van der Waals surface area contributed by atoms with Gasteiger partial charge in [0.05, 0.1) is 11.9 Å². The van der Waals surface area contributed by atoms with Crippen LogP contribution in [0.2, 0.25) is 5.15 Å². The molecule has 2 aliphatic rings. The first-order chi connectivity index (χ1) is 19.2. The van der Waals surface area contributed by atoms with Crippen molar-refractivity contribution in [1.82, 2.24) is 29.5 Å². The number of benzene rings is 1. The largest absolute Gasteiger partial charge is 0.340 e. The van der Waals surface area contributed by atoms with Crippen molar-refractivity contribution in [3.8, 4) is 0 Å². The molecule has 2 aromatic heterocycles. The van der Waals surface area contributed by atoms with Crippen LogP contribution in [-0.4, -0.2) is 98.8 Å². The van der Waals surface area contributed by atoms with Gasteiger partial charge in [0.15, 0.2) is 5.78 Å². The van der Waals surface area contributed by atoms with Crippen LogP contribution in [-0.2, 0) is 27.3 Å². The third-order valence-electron chi connectivity index (χ3n) is 7.25. The van der Waals surface area contributed by atoms with Crippen LogP contribution < -0.4 is 5.32 Å². The van der Waals surface area contributed by atoms with Gasteiger partial charge < -0.3 is 20.0 Å². The lowest BCUT2D eigenvalue weighted by Gasteiger charge is -2.32. The van der Waals surface area contributed by atoms with Crippen LogP contribution >= 0.6 is 11.6 Å². The Bertz CT molecular complexity index is 1460. The van der Waals surface area contributed by atoms with Crippen molar-refractivity contribution in [2.45, 2.75) is 38.8 Å². The normalized spacial score (nSPS) is 15.7. The number of hydrogen-bond donors (Lipinski definition) is 1. The van der Waals surface area contributed by atoms with Crippen molar-refractivity contribution in [2.24, 2.45) is 0 Å². The molecular formula is C28H32ClN7O4. The molecule has 3 amide bonds. The van der Waals surface area contributed by atoms with Gasteiger partial charge in [0, 0.05) is 44.5 Å². The highest BCUT2D eigenvalue weighted by Gasteiger charge is 2.34. The molecular weight excluding hydrogens is 534 g/mol. The molecule has 0 bridgehead atoms. The third kappa shape index (κ3) is 6.48. The van der Waals surface area contributed by atoms with Crippen LogP contribution in [0, 0.1) is 0 Å². The Labute approximate surface area is 237 Å². The average Bonchev–Trinajstić information content (AvgIpc) is 3.69. The SMILES string of the molecule is CC(=O)c1nn(CC(=O)N(CC(=O)Nc2cccc(Cl)n2)C2CC2)c2ccc(CC(=O)N3CCN(C)CC3)cc12. The average molecular weight is 566 g/mol. The number of hydrogen-bond acceptors (Lipinski definition) is 7. The zero-order valence-corrected chi connectivity index (χ0v) is 23.4. The number of nitrogens with one attached hydrogen (secondary N) is 1. The highest BCUT2D eigenvalue weighted by molar-refractivity contribution is 6.29. The third-order valence-corrected chi connectivity index (χ3v) is 7.46. The van der Waals surface area contributed by atoms with Crippen molar-refractivity contribution in [3.63, 3.8) is 0 Å². The Kier molecular flexibility index (Phi) is 8.13. The van der Waals surface area contributed by atoms with Crippen LogP contribution in [0.15, 0.2) is 36.4 Å². The second-order valence-corrected chi connectivity index (χ2v) is 10.8. The first-order valence-corrected chi connectivity index (χ1v) is 13.7. The molecule has 0 spiro atoms. The standard InChI is InChI=1S/C28H32ClN7O4/c1-18(37)28-21-14-19(15-26(39)34-12-10-33(2)11-13-34)6-9-22(21)36(32-28)17-27(40)35(20-7-8-20)16-25(38)31-24-5-3-4-23(29)30-24/h3-6,9,14,20H,7-8,10-13,15-17H2,1-2H3,(H,30,31,38). The lowest BCUT2D eigenvalue weighted by molar-refractivity contribution is -0.136. The monoisotopic (exact) mass is 565 g/mol. The van der Waals surface area contributed by atoms with E-state index in [2.05, 4.69) is 20.3 Å². The van der Waals surface area contributed by atoms with Gasteiger partial charge in [-0.25, -0.2) is 4.98 Å². The summed E-state index contributed by atoms with van der Waals surface area (Å²) in [4.78, 5) is 61.1. The van der Waals surface area contributed by atoms with Gasteiger partial charge in [-0.1, -0.05) is 23.7 Å². The molecule has 2 fully saturated rings. The molecule has 0 atom stereocenters. The number of anilines is 1. The number of rotatable bonds is 9. The fraction of sp³-hybridized carbons (Fsp3) is 0.429. The minimum atomic E-state index is -0.376. The number of piperazine rings is 1. The smallest absolute Gasteiger partial charge is 0.245 e. The molecule has 210 valence electrons. The number of halogens is 1. The Morgan fingerprint density at radius 3 is 2.50 bits per heavy atom. The fourth-order valence-electron chi connectivity index (χ4n) is 4.90. The molecule has 1 aliphatic heterocycles. The van der Waals surface area contributed by atoms with Crippen LogP contribution in [0.25, 0.3) is 10.9 Å². The van der Waals surface area contributed by atoms with E-state index in [-0.39, 0.29) is 59.9 Å². The molecule has 1 saturated heterocycles. The Morgan fingerprint density at radius 2 is 1.82 bits per heavy atom. The predicted octanol–water partition coefficient (Wildman–Crippen LogP) is 2.23. The number of pyridine rings is 1. The zero-order chi connectivity index (χ0) is 28.4. The maximum atomic E-state index is 13.4. The predicted molar refractivity (Wildman–Crippen MR) is 150 cm³/mol. The van der Waals surface area contributed by atoms with E-state index >= 15 is 0 Å². The maximum Gasteiger partial charge on any atom is 0.245 e. The highest BCUT2D eigenvalue weighted by Crippen LogP contribution is 2.28. The first-order valence-electron chi connectivity index (χ1n) is 13.4. The number of likely N-dealkylation sites (N-methyl/N-ethyl adjacent to an activating group) is 1. The van der Waals surface area contributed by atoms with Crippen molar-refractivity contribution >= 4 is 51.8 Å². The maximum absolute atomic E-state index is 13.4. The number of aromatic nitrogens is 3. The van der Waals surface area contributed by atoms with Gasteiger partial charge in [-0.3, -0.25) is 23.9 Å². The molecule has 40 heavy (non-hydrogen) atoms. The van der Waals surface area contributed by atoms with E-state index in [9.17, 15) is 19.2 Å². The summed E-state index contributed by atoms with van der Waals surface area (Å²) in [6.07, 6.45) is 1.86. The second kappa shape index (κ2) is 11.7. The summed E-state index contributed by atoms with van der Waals surface area (Å²) < 4.78 is 1.51. The summed E-state index contributed by atoms with van der Waals surface area (Å²) in [5.74, 6) is -0.520. The molecule has 3 heterocycles. The minimum Gasteiger partial charge on any atom is -0.340 e. The van der Waals surface area contributed by atoms with Crippen LogP contribution in [0.1, 0.15) is 35.8 Å². The van der Waals surface area contributed by atoms with Crippen LogP contribution in [0.4, 0.5) is 5.82 Å². The molecule has 12 heteroatoms. The topological polar surface area (TPSA) is 121 Å². The summed E-state index contributed by atoms with van der Waals surface area (Å²) in [5, 5.41) is 8.00. The molecule has 3 aromatic rings. The summed E-state index contributed by atoms with van der Waals surface area (Å²) >= 11 is 5.90. The fourth-order valence-corrected chi connectivity index (χ4v) is 5.06. The van der Waals surface area contributed by atoms with E-state index in [0.717, 1.165) is 31.5 Å². The van der Waals surface area contributed by atoms with Gasteiger partial charge in [0.2, 0.25) is 17.7 Å².